The van der Waals surface area contributed by atoms with Crippen LogP contribution in [0.2, 0.25) is 0 Å². The zero-order valence-corrected chi connectivity index (χ0v) is 20.0. The van der Waals surface area contributed by atoms with Crippen LogP contribution in [0.5, 0.6) is 5.75 Å². The number of aromatic nitrogens is 1. The molecule has 5 heterocycles. The molecule has 2 aromatic rings. The van der Waals surface area contributed by atoms with Gasteiger partial charge in [0.15, 0.2) is 0 Å². The summed E-state index contributed by atoms with van der Waals surface area (Å²) in [6.45, 7) is 3.80. The normalized spacial score (nSPS) is 25.3. The van der Waals surface area contributed by atoms with E-state index in [1.165, 1.54) is 0 Å². The number of hydrogen-bond donors (Lipinski definition) is 0. The second-order valence-electron chi connectivity index (χ2n) is 8.95. The van der Waals surface area contributed by atoms with E-state index in [0.29, 0.717) is 24.7 Å². The first-order valence-electron chi connectivity index (χ1n) is 11.0. The number of benzene rings is 1. The van der Waals surface area contributed by atoms with Crippen molar-refractivity contribution >= 4 is 9.49 Å². The van der Waals surface area contributed by atoms with Crippen LogP contribution in [-0.4, -0.2) is 28.5 Å². The topological polar surface area (TPSA) is 51.5 Å². The van der Waals surface area contributed by atoms with Crippen LogP contribution < -0.4 is 31.4 Å². The summed E-state index contributed by atoms with van der Waals surface area (Å²) in [4.78, 5) is 29.5. The molecule has 1 aromatic heterocycles. The van der Waals surface area contributed by atoms with Gasteiger partial charge in [-0.25, -0.2) is 0 Å². The van der Waals surface area contributed by atoms with Gasteiger partial charge in [-0.15, -0.1) is 0 Å². The van der Waals surface area contributed by atoms with Crippen molar-refractivity contribution in [2.45, 2.75) is 31.9 Å². The Morgan fingerprint density at radius 2 is 2.03 bits per heavy atom. The molecule has 1 spiro atoms. The molecule has 2 bridgehead atoms. The van der Waals surface area contributed by atoms with Crippen molar-refractivity contribution in [2.75, 3.05) is 13.1 Å². The number of nitrogens with zero attached hydrogens (tertiary/aromatic N) is 2. The van der Waals surface area contributed by atoms with Gasteiger partial charge in [-0.3, -0.25) is 0 Å². The third-order valence-electron chi connectivity index (χ3n) is 7.17. The summed E-state index contributed by atoms with van der Waals surface area (Å²) in [5.74, 6) is 0.456. The van der Waals surface area contributed by atoms with Crippen molar-refractivity contribution in [1.82, 2.24) is 9.47 Å². The van der Waals surface area contributed by atoms with Gasteiger partial charge in [-0.1, -0.05) is 0 Å². The van der Waals surface area contributed by atoms with Gasteiger partial charge in [0.2, 0.25) is 0 Å². The van der Waals surface area contributed by atoms with E-state index in [0.717, 1.165) is 33.2 Å². The third-order valence-corrected chi connectivity index (χ3v) is 9.52. The fraction of sp³-hybridized carbons (Fsp3) is 0.308. The standard InChI is InChI=1S/C26H24IN2O3/c1-17-14-20-21(19-10-7-12-27-19)23(30)24(32-15-18-8-3-2-4-9-18)22-25(31)28-13-6-5-11-26(17,16-28)29(20)22/h2-10,12,17H,11,13-16H2,1H3/q-1. The monoisotopic (exact) mass is 539 g/mol. The minimum absolute atomic E-state index is 0.0949. The van der Waals surface area contributed by atoms with Crippen molar-refractivity contribution in [3.8, 4) is 5.75 Å². The van der Waals surface area contributed by atoms with E-state index in [1.807, 2.05) is 35.2 Å². The van der Waals surface area contributed by atoms with Gasteiger partial charge in [0.25, 0.3) is 0 Å². The van der Waals surface area contributed by atoms with E-state index in [-0.39, 0.29) is 50.4 Å². The Morgan fingerprint density at radius 1 is 1.19 bits per heavy atom. The number of ether oxygens (including phenoxy) is 1. The zero-order valence-electron chi connectivity index (χ0n) is 17.9. The second-order valence-corrected chi connectivity index (χ2v) is 11.5. The van der Waals surface area contributed by atoms with Gasteiger partial charge in [0.05, 0.1) is 0 Å². The number of amides is 1. The van der Waals surface area contributed by atoms with E-state index in [9.17, 15) is 9.59 Å². The molecule has 0 saturated carbocycles. The number of halogens is 1. The van der Waals surface area contributed by atoms with E-state index in [2.05, 4.69) is 39.9 Å². The summed E-state index contributed by atoms with van der Waals surface area (Å²) in [6.07, 6.45) is 10.1. The quantitative estimate of drug-likeness (QED) is 0.425. The number of allylic oxidation sites excluding steroid dienone is 3. The summed E-state index contributed by atoms with van der Waals surface area (Å²) >= 11 is -0.350. The fourth-order valence-corrected chi connectivity index (χ4v) is 7.65. The Hall–Kier alpha value is -2.61. The van der Waals surface area contributed by atoms with Crippen molar-refractivity contribution in [1.29, 1.82) is 0 Å². The molecule has 0 saturated heterocycles. The number of pyridine rings is 1. The van der Waals surface area contributed by atoms with Gasteiger partial charge in [0.1, 0.15) is 0 Å². The van der Waals surface area contributed by atoms with Crippen LogP contribution in [-0.2, 0) is 18.6 Å². The van der Waals surface area contributed by atoms with Crippen molar-refractivity contribution < 1.29 is 30.7 Å². The predicted octanol–water partition coefficient (Wildman–Crippen LogP) is 0.688. The van der Waals surface area contributed by atoms with Crippen LogP contribution in [0.15, 0.2) is 63.5 Å². The summed E-state index contributed by atoms with van der Waals surface area (Å²) in [6, 6.07) is 9.82. The third kappa shape index (κ3) is 2.81. The Balaban J connectivity index is 1.60. The molecule has 2 unspecified atom stereocenters. The van der Waals surface area contributed by atoms with E-state index in [4.69, 9.17) is 4.74 Å². The summed E-state index contributed by atoms with van der Waals surface area (Å²) < 4.78 is 11.8. The van der Waals surface area contributed by atoms with Crippen LogP contribution in [0.4, 0.5) is 0 Å². The number of carbonyl (C=O) groups excluding carboxylic acids is 1. The first kappa shape index (κ1) is 20.0. The first-order chi connectivity index (χ1) is 15.6. The van der Waals surface area contributed by atoms with Gasteiger partial charge < -0.3 is 0 Å². The van der Waals surface area contributed by atoms with E-state index < -0.39 is 0 Å². The van der Waals surface area contributed by atoms with Crippen molar-refractivity contribution in [3.05, 3.63) is 91.5 Å². The van der Waals surface area contributed by atoms with Crippen LogP contribution in [0, 0.1) is 5.92 Å². The van der Waals surface area contributed by atoms with Crippen molar-refractivity contribution in [3.63, 3.8) is 0 Å². The molecule has 1 aromatic carbocycles. The molecule has 5 nitrogen and oxygen atoms in total. The fourth-order valence-electron chi connectivity index (χ4n) is 5.56. The second kappa shape index (κ2) is 7.47. The Bertz CT molecular complexity index is 1270. The maximum atomic E-state index is 13.9. The summed E-state index contributed by atoms with van der Waals surface area (Å²) in [5, 5.41) is 0. The van der Waals surface area contributed by atoms with Gasteiger partial charge in [-0.05, 0) is 0 Å². The van der Waals surface area contributed by atoms with E-state index >= 15 is 0 Å². The minimum atomic E-state index is -0.350. The molecule has 0 radical (unpaired) electrons. The zero-order chi connectivity index (χ0) is 21.9. The average molecular weight is 539 g/mol. The molecule has 32 heavy (non-hydrogen) atoms. The summed E-state index contributed by atoms with van der Waals surface area (Å²) in [5.41, 5.74) is 2.90. The van der Waals surface area contributed by atoms with Crippen molar-refractivity contribution in [2.24, 2.45) is 5.92 Å². The van der Waals surface area contributed by atoms with Gasteiger partial charge in [-0.2, -0.15) is 0 Å². The van der Waals surface area contributed by atoms with Crippen LogP contribution in [0.25, 0.3) is 3.58 Å². The predicted molar refractivity (Wildman–Crippen MR) is 119 cm³/mol. The molecule has 0 aliphatic carbocycles. The molecular formula is C26H24IN2O3-. The number of rotatable bonds is 4. The molecular weight excluding hydrogens is 515 g/mol. The SMILES string of the molecule is CC1Cc2c(C3=CC=C[I-]3)c(=O)c(OCc3ccccc3)c3n2C12CC=CCN(C2)C3=O. The molecule has 4 aliphatic rings. The Morgan fingerprint density at radius 3 is 2.81 bits per heavy atom. The van der Waals surface area contributed by atoms with Crippen LogP contribution in [0.1, 0.15) is 40.7 Å². The molecule has 1 amide bonds. The number of fused-ring (bicyclic) bond motifs is 1. The molecule has 0 N–H and O–H groups in total. The van der Waals surface area contributed by atoms with E-state index in [1.54, 1.807) is 0 Å². The maximum absolute atomic E-state index is 13.9. The number of hydrogen-bond acceptors (Lipinski definition) is 3. The molecule has 6 rings (SSSR count). The van der Waals surface area contributed by atoms with Crippen LogP contribution in [0.3, 0.4) is 0 Å². The molecule has 164 valence electrons. The molecule has 2 atom stereocenters. The average Bonchev–Trinajstić information content (AvgIpc) is 3.35. The number of carbonyl (C=O) groups is 1. The summed E-state index contributed by atoms with van der Waals surface area (Å²) in [7, 11) is 0. The Kier molecular flexibility index (Phi) is 4.68. The molecule has 4 aliphatic heterocycles. The van der Waals surface area contributed by atoms with Crippen LogP contribution >= 0.6 is 0 Å². The first-order valence-corrected chi connectivity index (χ1v) is 13.4. The Labute approximate surface area is 197 Å². The molecule has 6 heteroatoms. The van der Waals surface area contributed by atoms with Gasteiger partial charge in [0, 0.05) is 0 Å². The van der Waals surface area contributed by atoms with Gasteiger partial charge >= 0.3 is 198 Å². The molecule has 0 fully saturated rings.